The van der Waals surface area contributed by atoms with Crippen LogP contribution < -0.4 is 11.1 Å². The number of carbonyl (C=O) groups excluding carboxylic acids is 1. The van der Waals surface area contributed by atoms with Crippen molar-refractivity contribution in [1.82, 2.24) is 5.32 Å². The molecule has 0 heterocycles. The Morgan fingerprint density at radius 2 is 2.12 bits per heavy atom. The second kappa shape index (κ2) is 4.56. The maximum Gasteiger partial charge on any atom is 0.232 e. The monoisotopic (exact) mass is 254 g/mol. The molecule has 2 aliphatic carbocycles. The summed E-state index contributed by atoms with van der Waals surface area (Å²) in [4.78, 5) is 12.3. The van der Waals surface area contributed by atoms with Gasteiger partial charge in [-0.1, -0.05) is 18.6 Å². The minimum atomic E-state index is -0.729. The molecule has 1 amide bonds. The summed E-state index contributed by atoms with van der Waals surface area (Å²) in [6.07, 6.45) is 5.41. The van der Waals surface area contributed by atoms with Crippen LogP contribution >= 0.6 is 12.2 Å². The first kappa shape index (κ1) is 12.8. The summed E-state index contributed by atoms with van der Waals surface area (Å²) in [6.45, 7) is 4.36. The molecule has 17 heavy (non-hydrogen) atoms. The third-order valence-corrected chi connectivity index (χ3v) is 5.10. The Hall–Kier alpha value is -0.640. The number of rotatable bonds is 4. The normalized spacial score (nSPS) is 31.5. The van der Waals surface area contributed by atoms with Crippen molar-refractivity contribution in [3.05, 3.63) is 0 Å². The molecule has 2 aliphatic rings. The van der Waals surface area contributed by atoms with Gasteiger partial charge in [-0.3, -0.25) is 4.79 Å². The Morgan fingerprint density at radius 1 is 1.41 bits per heavy atom. The summed E-state index contributed by atoms with van der Waals surface area (Å²) in [6, 6.07) is 0. The second-order valence-electron chi connectivity index (χ2n) is 6.13. The number of carbonyl (C=O) groups is 1. The third kappa shape index (κ3) is 2.46. The minimum Gasteiger partial charge on any atom is -0.392 e. The van der Waals surface area contributed by atoms with Crippen LogP contribution in [0.4, 0.5) is 0 Å². The highest BCUT2D eigenvalue weighted by Gasteiger charge is 2.40. The molecule has 4 heteroatoms. The van der Waals surface area contributed by atoms with Crippen LogP contribution in [0.25, 0.3) is 0 Å². The summed E-state index contributed by atoms with van der Waals surface area (Å²) in [7, 11) is 0. The number of nitrogens with two attached hydrogens (primary N) is 1. The number of nitrogens with one attached hydrogen (secondary N) is 1. The molecule has 96 valence electrons. The number of fused-ring (bicyclic) bond motifs is 2. The van der Waals surface area contributed by atoms with Crippen molar-refractivity contribution in [3.63, 3.8) is 0 Å². The van der Waals surface area contributed by atoms with Gasteiger partial charge in [-0.15, -0.1) is 0 Å². The highest BCUT2D eigenvalue weighted by Crippen LogP contribution is 2.47. The van der Waals surface area contributed by atoms with E-state index in [1.807, 2.05) is 0 Å². The lowest BCUT2D eigenvalue weighted by molar-refractivity contribution is -0.126. The molecule has 2 bridgehead atoms. The van der Waals surface area contributed by atoms with E-state index in [4.69, 9.17) is 18.0 Å². The first-order valence-electron chi connectivity index (χ1n) is 6.49. The lowest BCUT2D eigenvalue weighted by Crippen LogP contribution is -2.46. The molecule has 3 atom stereocenters. The number of hydrogen-bond acceptors (Lipinski definition) is 2. The molecule has 3 N–H and O–H groups in total. The smallest absolute Gasteiger partial charge is 0.232 e. The van der Waals surface area contributed by atoms with E-state index in [0.29, 0.717) is 5.92 Å². The Kier molecular flexibility index (Phi) is 3.43. The molecular formula is C13H22N2OS. The van der Waals surface area contributed by atoms with Crippen LogP contribution in [0.15, 0.2) is 0 Å². The molecule has 2 fully saturated rings. The van der Waals surface area contributed by atoms with E-state index in [9.17, 15) is 4.79 Å². The van der Waals surface area contributed by atoms with E-state index in [2.05, 4.69) is 5.32 Å². The fourth-order valence-electron chi connectivity index (χ4n) is 3.18. The molecule has 0 radical (unpaired) electrons. The van der Waals surface area contributed by atoms with Gasteiger partial charge >= 0.3 is 0 Å². The van der Waals surface area contributed by atoms with Gasteiger partial charge < -0.3 is 11.1 Å². The van der Waals surface area contributed by atoms with E-state index in [1.165, 1.54) is 25.7 Å². The largest absolute Gasteiger partial charge is 0.392 e. The van der Waals surface area contributed by atoms with Crippen LogP contribution in [0, 0.1) is 23.2 Å². The Morgan fingerprint density at radius 3 is 2.59 bits per heavy atom. The van der Waals surface area contributed by atoms with Crippen LogP contribution in [0.3, 0.4) is 0 Å². The predicted octanol–water partition coefficient (Wildman–Crippen LogP) is 1.85. The molecule has 0 aromatic rings. The molecule has 3 nitrogen and oxygen atoms in total. The van der Waals surface area contributed by atoms with Crippen molar-refractivity contribution in [2.45, 2.75) is 39.5 Å². The molecule has 3 unspecified atom stereocenters. The van der Waals surface area contributed by atoms with Gasteiger partial charge in [0.2, 0.25) is 5.91 Å². The lowest BCUT2D eigenvalue weighted by atomic mass is 9.88. The molecule has 0 saturated heterocycles. The van der Waals surface area contributed by atoms with E-state index >= 15 is 0 Å². The lowest BCUT2D eigenvalue weighted by Gasteiger charge is -2.26. The van der Waals surface area contributed by atoms with E-state index < -0.39 is 5.41 Å². The van der Waals surface area contributed by atoms with E-state index in [1.54, 1.807) is 13.8 Å². The van der Waals surface area contributed by atoms with Crippen molar-refractivity contribution in [3.8, 4) is 0 Å². The van der Waals surface area contributed by atoms with Crippen molar-refractivity contribution in [2.75, 3.05) is 6.54 Å². The van der Waals surface area contributed by atoms with Crippen LogP contribution in [0.1, 0.15) is 39.5 Å². The van der Waals surface area contributed by atoms with Crippen molar-refractivity contribution in [2.24, 2.45) is 28.9 Å². The highest BCUT2D eigenvalue weighted by molar-refractivity contribution is 7.80. The first-order valence-corrected chi connectivity index (χ1v) is 6.90. The zero-order valence-electron chi connectivity index (χ0n) is 10.7. The topological polar surface area (TPSA) is 55.1 Å². The van der Waals surface area contributed by atoms with Gasteiger partial charge in [0.25, 0.3) is 0 Å². The Labute approximate surface area is 109 Å². The van der Waals surface area contributed by atoms with Crippen molar-refractivity contribution in [1.29, 1.82) is 0 Å². The molecular weight excluding hydrogens is 232 g/mol. The maximum atomic E-state index is 12.0. The summed E-state index contributed by atoms with van der Waals surface area (Å²) < 4.78 is 0. The molecule has 2 rings (SSSR count). The Bertz CT molecular complexity index is 340. The SMILES string of the molecule is CC(C)(C(=O)NCC1CC2CCC1C2)C(N)=S. The fourth-order valence-corrected chi connectivity index (χ4v) is 3.28. The van der Waals surface area contributed by atoms with Gasteiger partial charge in [0.05, 0.1) is 10.4 Å². The Balaban J connectivity index is 1.83. The quantitative estimate of drug-likeness (QED) is 0.753. The van der Waals surface area contributed by atoms with Crippen LogP contribution in [-0.2, 0) is 4.79 Å². The van der Waals surface area contributed by atoms with E-state index in [0.717, 1.165) is 18.4 Å². The predicted molar refractivity (Wildman–Crippen MR) is 72.5 cm³/mol. The van der Waals surface area contributed by atoms with Crippen molar-refractivity contribution >= 4 is 23.1 Å². The van der Waals surface area contributed by atoms with Gasteiger partial charge in [-0.2, -0.15) is 0 Å². The summed E-state index contributed by atoms with van der Waals surface area (Å²) in [5.41, 5.74) is 4.86. The van der Waals surface area contributed by atoms with Gasteiger partial charge in [-0.05, 0) is 50.9 Å². The van der Waals surface area contributed by atoms with Crippen LogP contribution in [-0.4, -0.2) is 17.4 Å². The third-order valence-electron chi connectivity index (χ3n) is 4.59. The van der Waals surface area contributed by atoms with Crippen LogP contribution in [0.2, 0.25) is 0 Å². The van der Waals surface area contributed by atoms with Gasteiger partial charge in [0.1, 0.15) is 0 Å². The molecule has 0 aliphatic heterocycles. The molecule has 0 aromatic carbocycles. The molecule has 0 spiro atoms. The van der Waals surface area contributed by atoms with Crippen LogP contribution in [0.5, 0.6) is 0 Å². The summed E-state index contributed by atoms with van der Waals surface area (Å²) >= 11 is 4.93. The first-order chi connectivity index (χ1) is 7.91. The fraction of sp³-hybridized carbons (Fsp3) is 0.846. The highest BCUT2D eigenvalue weighted by atomic mass is 32.1. The van der Waals surface area contributed by atoms with Gasteiger partial charge in [0.15, 0.2) is 0 Å². The molecule has 0 aromatic heterocycles. The van der Waals surface area contributed by atoms with Crippen molar-refractivity contribution < 1.29 is 4.79 Å². The number of thiocarbonyl (C=S) groups is 1. The summed E-state index contributed by atoms with van der Waals surface area (Å²) in [5, 5.41) is 3.02. The number of amides is 1. The number of hydrogen-bond donors (Lipinski definition) is 2. The summed E-state index contributed by atoms with van der Waals surface area (Å²) in [5.74, 6) is 2.41. The second-order valence-corrected chi connectivity index (χ2v) is 6.57. The van der Waals surface area contributed by atoms with Gasteiger partial charge in [-0.25, -0.2) is 0 Å². The molecule has 2 saturated carbocycles. The average molecular weight is 254 g/mol. The zero-order valence-corrected chi connectivity index (χ0v) is 11.5. The average Bonchev–Trinajstić information content (AvgIpc) is 2.86. The standard InChI is InChI=1S/C13H22N2OS/c1-13(2,11(14)17)12(16)15-7-10-6-8-3-4-9(10)5-8/h8-10H,3-7H2,1-2H3,(H2,14,17)(H,15,16). The maximum absolute atomic E-state index is 12.0. The minimum absolute atomic E-state index is 0.0345. The zero-order chi connectivity index (χ0) is 12.6. The van der Waals surface area contributed by atoms with Gasteiger partial charge in [0, 0.05) is 6.54 Å². The van der Waals surface area contributed by atoms with E-state index in [-0.39, 0.29) is 10.9 Å².